The SMILES string of the molecule is CN(c1ccc(F)cc1)c1nccn2c(NC(=O)O)nnc12. The highest BCUT2D eigenvalue weighted by molar-refractivity contribution is 5.82. The van der Waals surface area contributed by atoms with Gasteiger partial charge in [-0.05, 0) is 24.3 Å². The summed E-state index contributed by atoms with van der Waals surface area (Å²) in [5.74, 6) is 0.192. The molecule has 1 amide bonds. The molecule has 0 aliphatic rings. The second kappa shape index (κ2) is 5.28. The summed E-state index contributed by atoms with van der Waals surface area (Å²) in [5, 5.41) is 18.7. The molecular weight excluding hydrogens is 291 g/mol. The second-order valence-electron chi connectivity index (χ2n) is 4.43. The van der Waals surface area contributed by atoms with Crippen molar-refractivity contribution < 1.29 is 14.3 Å². The third kappa shape index (κ3) is 2.39. The Hall–Kier alpha value is -3.23. The number of anilines is 3. The van der Waals surface area contributed by atoms with E-state index in [1.165, 1.54) is 22.7 Å². The molecule has 3 rings (SSSR count). The van der Waals surface area contributed by atoms with Crippen molar-refractivity contribution in [2.75, 3.05) is 17.3 Å². The molecule has 0 spiro atoms. The minimum atomic E-state index is -1.24. The van der Waals surface area contributed by atoms with Gasteiger partial charge in [0.25, 0.3) is 0 Å². The predicted molar refractivity (Wildman–Crippen MR) is 76.9 cm³/mol. The Morgan fingerprint density at radius 3 is 2.73 bits per heavy atom. The van der Waals surface area contributed by atoms with Crippen molar-refractivity contribution in [3.8, 4) is 0 Å². The van der Waals surface area contributed by atoms with Gasteiger partial charge in [-0.3, -0.25) is 9.72 Å². The van der Waals surface area contributed by atoms with E-state index >= 15 is 0 Å². The van der Waals surface area contributed by atoms with Crippen LogP contribution in [-0.4, -0.2) is 37.8 Å². The summed E-state index contributed by atoms with van der Waals surface area (Å²) in [4.78, 5) is 16.7. The van der Waals surface area contributed by atoms with Gasteiger partial charge in [-0.25, -0.2) is 14.2 Å². The van der Waals surface area contributed by atoms with E-state index in [1.807, 2.05) is 0 Å². The molecule has 3 aromatic rings. The number of halogens is 1. The molecule has 2 aromatic heterocycles. The third-order valence-corrected chi connectivity index (χ3v) is 3.06. The van der Waals surface area contributed by atoms with Crippen LogP contribution in [0.1, 0.15) is 0 Å². The van der Waals surface area contributed by atoms with E-state index in [4.69, 9.17) is 5.11 Å². The molecule has 1 aromatic carbocycles. The average Bonchev–Trinajstić information content (AvgIpc) is 2.90. The van der Waals surface area contributed by atoms with Crippen molar-refractivity contribution in [1.82, 2.24) is 19.6 Å². The van der Waals surface area contributed by atoms with E-state index in [2.05, 4.69) is 20.5 Å². The van der Waals surface area contributed by atoms with Crippen LogP contribution < -0.4 is 10.2 Å². The molecule has 2 N–H and O–H groups in total. The topological polar surface area (TPSA) is 95.7 Å². The first-order valence-electron chi connectivity index (χ1n) is 6.25. The van der Waals surface area contributed by atoms with E-state index in [0.29, 0.717) is 17.2 Å². The van der Waals surface area contributed by atoms with Gasteiger partial charge in [0, 0.05) is 25.1 Å². The minimum Gasteiger partial charge on any atom is -0.465 e. The number of carbonyl (C=O) groups is 1. The largest absolute Gasteiger partial charge is 0.465 e. The number of hydrogen-bond acceptors (Lipinski definition) is 5. The number of rotatable bonds is 3. The van der Waals surface area contributed by atoms with Crippen molar-refractivity contribution in [1.29, 1.82) is 0 Å². The zero-order valence-electron chi connectivity index (χ0n) is 11.4. The Morgan fingerprint density at radius 2 is 2.05 bits per heavy atom. The van der Waals surface area contributed by atoms with Crippen LogP contribution in [0.5, 0.6) is 0 Å². The van der Waals surface area contributed by atoms with Gasteiger partial charge < -0.3 is 10.0 Å². The van der Waals surface area contributed by atoms with Gasteiger partial charge >= 0.3 is 6.09 Å². The number of nitrogens with one attached hydrogen (secondary N) is 1. The molecule has 112 valence electrons. The van der Waals surface area contributed by atoms with Crippen molar-refractivity contribution in [3.05, 3.63) is 42.5 Å². The molecule has 0 unspecified atom stereocenters. The normalized spacial score (nSPS) is 10.6. The smallest absolute Gasteiger partial charge is 0.411 e. The Morgan fingerprint density at radius 1 is 1.32 bits per heavy atom. The Bertz CT molecular complexity index is 832. The molecule has 0 saturated heterocycles. The lowest BCUT2D eigenvalue weighted by Gasteiger charge is -2.18. The molecule has 9 heteroatoms. The Labute approximate surface area is 123 Å². The molecule has 0 fully saturated rings. The van der Waals surface area contributed by atoms with E-state index < -0.39 is 6.09 Å². The quantitative estimate of drug-likeness (QED) is 0.769. The van der Waals surface area contributed by atoms with Gasteiger partial charge in [0.15, 0.2) is 5.82 Å². The molecule has 8 nitrogen and oxygen atoms in total. The zero-order chi connectivity index (χ0) is 15.7. The fourth-order valence-corrected chi connectivity index (χ4v) is 2.02. The van der Waals surface area contributed by atoms with Gasteiger partial charge in [0.2, 0.25) is 11.6 Å². The summed E-state index contributed by atoms with van der Waals surface area (Å²) in [6, 6.07) is 5.89. The van der Waals surface area contributed by atoms with Crippen molar-refractivity contribution >= 4 is 29.2 Å². The number of nitrogens with zero attached hydrogens (tertiary/aromatic N) is 5. The predicted octanol–water partition coefficient (Wildman–Crippen LogP) is 2.12. The van der Waals surface area contributed by atoms with Gasteiger partial charge in [-0.15, -0.1) is 10.2 Å². The average molecular weight is 302 g/mol. The molecule has 22 heavy (non-hydrogen) atoms. The molecule has 0 radical (unpaired) electrons. The zero-order valence-corrected chi connectivity index (χ0v) is 11.4. The summed E-state index contributed by atoms with van der Waals surface area (Å²) in [6.45, 7) is 0. The lowest BCUT2D eigenvalue weighted by atomic mass is 10.3. The van der Waals surface area contributed by atoms with Crippen LogP contribution in [-0.2, 0) is 0 Å². The van der Waals surface area contributed by atoms with Crippen LogP contribution in [0.4, 0.5) is 26.6 Å². The molecule has 2 heterocycles. The summed E-state index contributed by atoms with van der Waals surface area (Å²) >= 11 is 0. The van der Waals surface area contributed by atoms with E-state index in [1.54, 1.807) is 30.3 Å². The van der Waals surface area contributed by atoms with Crippen LogP contribution in [0.25, 0.3) is 5.65 Å². The van der Waals surface area contributed by atoms with Gasteiger partial charge in [-0.1, -0.05) is 0 Å². The summed E-state index contributed by atoms with van der Waals surface area (Å²) < 4.78 is 14.5. The number of carboxylic acid groups (broad SMARTS) is 1. The van der Waals surface area contributed by atoms with Gasteiger partial charge in [-0.2, -0.15) is 0 Å². The van der Waals surface area contributed by atoms with Crippen molar-refractivity contribution in [2.45, 2.75) is 0 Å². The Kier molecular flexibility index (Phi) is 3.30. The van der Waals surface area contributed by atoms with E-state index in [9.17, 15) is 9.18 Å². The number of aromatic nitrogens is 4. The lowest BCUT2D eigenvalue weighted by molar-refractivity contribution is 0.209. The maximum absolute atomic E-state index is 13.0. The molecule has 0 bridgehead atoms. The lowest BCUT2D eigenvalue weighted by Crippen LogP contribution is -2.14. The summed E-state index contributed by atoms with van der Waals surface area (Å²) in [7, 11) is 1.74. The Balaban J connectivity index is 2.05. The second-order valence-corrected chi connectivity index (χ2v) is 4.43. The number of benzene rings is 1. The van der Waals surface area contributed by atoms with E-state index in [0.717, 1.165) is 0 Å². The van der Waals surface area contributed by atoms with Gasteiger partial charge in [0.1, 0.15) is 5.82 Å². The van der Waals surface area contributed by atoms with Crippen molar-refractivity contribution in [3.63, 3.8) is 0 Å². The highest BCUT2D eigenvalue weighted by atomic mass is 19.1. The number of fused-ring (bicyclic) bond motifs is 1. The standard InChI is InChI=1S/C13H11FN6O2/c1-19(9-4-2-8(14)3-5-9)10-11-17-18-12(16-13(21)22)20(11)7-6-15-10/h2-7H,1H3,(H,16,18)(H,21,22). The first-order chi connectivity index (χ1) is 10.6. The summed E-state index contributed by atoms with van der Waals surface area (Å²) in [6.07, 6.45) is 1.81. The highest BCUT2D eigenvalue weighted by Gasteiger charge is 2.15. The minimum absolute atomic E-state index is 0.0682. The number of hydrogen-bond donors (Lipinski definition) is 2. The van der Waals surface area contributed by atoms with Crippen LogP contribution in [0, 0.1) is 5.82 Å². The number of amides is 1. The first-order valence-corrected chi connectivity index (χ1v) is 6.25. The van der Waals surface area contributed by atoms with Crippen molar-refractivity contribution in [2.24, 2.45) is 0 Å². The van der Waals surface area contributed by atoms with E-state index in [-0.39, 0.29) is 11.8 Å². The summed E-state index contributed by atoms with van der Waals surface area (Å²) in [5.41, 5.74) is 1.08. The molecule has 0 aliphatic heterocycles. The molecule has 0 aliphatic carbocycles. The fourth-order valence-electron chi connectivity index (χ4n) is 2.02. The maximum atomic E-state index is 13.0. The first kappa shape index (κ1) is 13.7. The van der Waals surface area contributed by atoms with Gasteiger partial charge in [0.05, 0.1) is 0 Å². The fraction of sp³-hybridized carbons (Fsp3) is 0.0769. The van der Waals surface area contributed by atoms with Crippen LogP contribution in [0.2, 0.25) is 0 Å². The van der Waals surface area contributed by atoms with Crippen LogP contribution >= 0.6 is 0 Å². The van der Waals surface area contributed by atoms with Crippen LogP contribution in [0.3, 0.4) is 0 Å². The molecule has 0 saturated carbocycles. The molecular formula is C13H11FN6O2. The third-order valence-electron chi connectivity index (χ3n) is 3.06. The highest BCUT2D eigenvalue weighted by Crippen LogP contribution is 2.25. The van der Waals surface area contributed by atoms with Crippen LogP contribution in [0.15, 0.2) is 36.7 Å². The monoisotopic (exact) mass is 302 g/mol. The molecule has 0 atom stereocenters. The maximum Gasteiger partial charge on any atom is 0.411 e.